The van der Waals surface area contributed by atoms with Gasteiger partial charge in [0.25, 0.3) is 5.91 Å². The molecule has 22 heavy (non-hydrogen) atoms. The van der Waals surface area contributed by atoms with Crippen LogP contribution in [0.2, 0.25) is 0 Å². The van der Waals surface area contributed by atoms with Crippen LogP contribution in [-0.4, -0.2) is 47.7 Å². The van der Waals surface area contributed by atoms with Crippen molar-refractivity contribution in [2.45, 2.75) is 6.54 Å². The molecule has 6 nitrogen and oxygen atoms in total. The van der Waals surface area contributed by atoms with Gasteiger partial charge >= 0.3 is 0 Å². The molecule has 1 heterocycles. The molecule has 1 aromatic carbocycles. The number of nitrogens with zero attached hydrogens (tertiary/aromatic N) is 3. The van der Waals surface area contributed by atoms with E-state index in [9.17, 15) is 4.79 Å². The number of likely N-dealkylation sites (N-methyl/N-ethyl adjacent to an activating group) is 1. The fourth-order valence-electron chi connectivity index (χ4n) is 2.02. The molecule has 0 saturated heterocycles. The smallest absolute Gasteiger partial charge is 0.255 e. The van der Waals surface area contributed by atoms with Crippen LogP contribution < -0.4 is 5.73 Å². The molecular weight excluding hydrogens is 304 g/mol. The highest BCUT2D eigenvalue weighted by atomic mass is 35.5. The minimum atomic E-state index is -0.0503. The number of benzene rings is 1. The molecule has 2 aromatic rings. The molecule has 0 aliphatic heterocycles. The van der Waals surface area contributed by atoms with Crippen LogP contribution in [0.15, 0.2) is 36.8 Å². The van der Waals surface area contributed by atoms with Crippen LogP contribution in [0.1, 0.15) is 16.1 Å². The van der Waals surface area contributed by atoms with Gasteiger partial charge in [0.15, 0.2) is 0 Å². The Morgan fingerprint density at radius 2 is 2.14 bits per heavy atom. The molecule has 0 aliphatic rings. The van der Waals surface area contributed by atoms with Crippen LogP contribution >= 0.6 is 12.4 Å². The maximum atomic E-state index is 12.5. The van der Waals surface area contributed by atoms with Gasteiger partial charge in [-0.3, -0.25) is 4.79 Å². The molecule has 0 atom stereocenters. The summed E-state index contributed by atoms with van der Waals surface area (Å²) in [6, 6.07) is 7.44. The second-order valence-corrected chi connectivity index (χ2v) is 4.71. The van der Waals surface area contributed by atoms with Crippen molar-refractivity contribution in [2.75, 3.05) is 27.3 Å². The number of rotatable bonds is 6. The summed E-state index contributed by atoms with van der Waals surface area (Å²) >= 11 is 0. The van der Waals surface area contributed by atoms with Crippen LogP contribution in [0.5, 0.6) is 0 Å². The van der Waals surface area contributed by atoms with Crippen molar-refractivity contribution in [3.05, 3.63) is 48.0 Å². The van der Waals surface area contributed by atoms with Crippen LogP contribution in [0.3, 0.4) is 0 Å². The summed E-state index contributed by atoms with van der Waals surface area (Å²) in [5, 5.41) is 0. The van der Waals surface area contributed by atoms with Gasteiger partial charge in [0, 0.05) is 33.4 Å². The first kappa shape index (κ1) is 18.2. The summed E-state index contributed by atoms with van der Waals surface area (Å²) in [4.78, 5) is 18.4. The Morgan fingerprint density at radius 3 is 2.77 bits per heavy atom. The normalized spacial score (nSPS) is 10.1. The lowest BCUT2D eigenvalue weighted by atomic mass is 10.1. The van der Waals surface area contributed by atoms with Crippen molar-refractivity contribution in [1.82, 2.24) is 14.5 Å². The van der Waals surface area contributed by atoms with E-state index in [4.69, 9.17) is 10.5 Å². The van der Waals surface area contributed by atoms with E-state index in [2.05, 4.69) is 4.98 Å². The Labute approximate surface area is 136 Å². The number of carbonyl (C=O) groups is 1. The predicted molar refractivity (Wildman–Crippen MR) is 87.5 cm³/mol. The van der Waals surface area contributed by atoms with E-state index in [1.807, 2.05) is 35.0 Å². The van der Waals surface area contributed by atoms with Crippen molar-refractivity contribution in [2.24, 2.45) is 5.73 Å². The molecule has 2 rings (SSSR count). The SMILES string of the molecule is COCCN(C)C(=O)c1ccccc1-n1cnc(CN)c1.Cl. The first-order valence-corrected chi connectivity index (χ1v) is 6.74. The number of amides is 1. The minimum Gasteiger partial charge on any atom is -0.383 e. The number of hydrogen-bond acceptors (Lipinski definition) is 4. The fraction of sp³-hybridized carbons (Fsp3) is 0.333. The van der Waals surface area contributed by atoms with Gasteiger partial charge < -0.3 is 19.9 Å². The Kier molecular flexibility index (Phi) is 7.04. The average molecular weight is 325 g/mol. The maximum absolute atomic E-state index is 12.5. The number of carbonyl (C=O) groups excluding carboxylic acids is 1. The second-order valence-electron chi connectivity index (χ2n) is 4.71. The number of imidazole rings is 1. The standard InChI is InChI=1S/C15H20N4O2.ClH/c1-18(7-8-21-2)15(20)13-5-3-4-6-14(13)19-10-12(9-16)17-11-19;/h3-6,10-11H,7-9,16H2,1-2H3;1H. The lowest BCUT2D eigenvalue weighted by molar-refractivity contribution is 0.0744. The molecule has 2 N–H and O–H groups in total. The van der Waals surface area contributed by atoms with Gasteiger partial charge in [0.05, 0.1) is 29.9 Å². The number of para-hydroxylation sites is 1. The third-order valence-electron chi connectivity index (χ3n) is 3.24. The molecule has 7 heteroatoms. The molecule has 0 unspecified atom stereocenters. The van der Waals surface area contributed by atoms with Crippen LogP contribution in [0.4, 0.5) is 0 Å². The van der Waals surface area contributed by atoms with Gasteiger partial charge in [-0.1, -0.05) is 12.1 Å². The minimum absolute atomic E-state index is 0. The number of nitrogens with two attached hydrogens (primary N) is 1. The lowest BCUT2D eigenvalue weighted by Crippen LogP contribution is -2.30. The van der Waals surface area contributed by atoms with E-state index in [1.165, 1.54) is 0 Å². The summed E-state index contributed by atoms with van der Waals surface area (Å²) in [5.41, 5.74) is 7.77. The zero-order valence-corrected chi connectivity index (χ0v) is 13.5. The largest absolute Gasteiger partial charge is 0.383 e. The molecule has 0 bridgehead atoms. The van der Waals surface area contributed by atoms with Gasteiger partial charge in [0.1, 0.15) is 0 Å². The van der Waals surface area contributed by atoms with Crippen molar-refractivity contribution >= 4 is 18.3 Å². The van der Waals surface area contributed by atoms with Gasteiger partial charge in [-0.15, -0.1) is 12.4 Å². The number of aromatic nitrogens is 2. The van der Waals surface area contributed by atoms with Crippen LogP contribution in [0.25, 0.3) is 5.69 Å². The first-order chi connectivity index (χ1) is 10.2. The number of methoxy groups -OCH3 is 1. The van der Waals surface area contributed by atoms with E-state index in [-0.39, 0.29) is 18.3 Å². The lowest BCUT2D eigenvalue weighted by Gasteiger charge is -2.18. The molecule has 0 radical (unpaired) electrons. The Hall–Kier alpha value is -1.89. The third-order valence-corrected chi connectivity index (χ3v) is 3.24. The van der Waals surface area contributed by atoms with E-state index >= 15 is 0 Å². The number of ether oxygens (including phenoxy) is 1. The molecular formula is C15H21ClN4O2. The summed E-state index contributed by atoms with van der Waals surface area (Å²) in [7, 11) is 3.38. The second kappa shape index (κ2) is 8.53. The van der Waals surface area contributed by atoms with Gasteiger partial charge in [-0.2, -0.15) is 0 Å². The van der Waals surface area contributed by atoms with Crippen molar-refractivity contribution in [1.29, 1.82) is 0 Å². The molecule has 120 valence electrons. The highest BCUT2D eigenvalue weighted by molar-refractivity contribution is 5.97. The quantitative estimate of drug-likeness (QED) is 0.873. The van der Waals surface area contributed by atoms with Crippen LogP contribution in [0, 0.1) is 0 Å². The molecule has 0 aliphatic carbocycles. The summed E-state index contributed by atoms with van der Waals surface area (Å²) in [6.45, 7) is 1.42. The van der Waals surface area contributed by atoms with Gasteiger partial charge in [0.2, 0.25) is 0 Å². The van der Waals surface area contributed by atoms with Crippen LogP contribution in [-0.2, 0) is 11.3 Å². The Balaban J connectivity index is 0.00000242. The fourth-order valence-corrected chi connectivity index (χ4v) is 2.02. The van der Waals surface area contributed by atoms with E-state index < -0.39 is 0 Å². The molecule has 1 amide bonds. The highest BCUT2D eigenvalue weighted by Gasteiger charge is 2.16. The summed E-state index contributed by atoms with van der Waals surface area (Å²) in [6.07, 6.45) is 3.50. The third kappa shape index (κ3) is 4.07. The first-order valence-electron chi connectivity index (χ1n) is 6.74. The zero-order valence-electron chi connectivity index (χ0n) is 12.7. The average Bonchev–Trinajstić information content (AvgIpc) is 3.00. The predicted octanol–water partition coefficient (Wildman–Crippen LogP) is 1.47. The van der Waals surface area contributed by atoms with Crippen molar-refractivity contribution in [3.63, 3.8) is 0 Å². The molecule has 0 saturated carbocycles. The van der Waals surface area contributed by atoms with E-state index in [0.717, 1.165) is 11.4 Å². The molecule has 1 aromatic heterocycles. The van der Waals surface area contributed by atoms with E-state index in [0.29, 0.717) is 25.3 Å². The summed E-state index contributed by atoms with van der Waals surface area (Å²) in [5.74, 6) is -0.0503. The topological polar surface area (TPSA) is 73.4 Å². The monoisotopic (exact) mass is 324 g/mol. The summed E-state index contributed by atoms with van der Waals surface area (Å²) < 4.78 is 6.83. The Bertz CT molecular complexity index is 615. The zero-order chi connectivity index (χ0) is 15.2. The Morgan fingerprint density at radius 1 is 1.41 bits per heavy atom. The number of halogens is 1. The molecule has 0 fully saturated rings. The molecule has 0 spiro atoms. The van der Waals surface area contributed by atoms with Gasteiger partial charge in [-0.25, -0.2) is 4.98 Å². The van der Waals surface area contributed by atoms with E-state index in [1.54, 1.807) is 25.4 Å². The van der Waals surface area contributed by atoms with Crippen molar-refractivity contribution < 1.29 is 9.53 Å². The maximum Gasteiger partial charge on any atom is 0.255 e. The number of hydrogen-bond donors (Lipinski definition) is 1. The van der Waals surface area contributed by atoms with Gasteiger partial charge in [-0.05, 0) is 12.1 Å². The highest BCUT2D eigenvalue weighted by Crippen LogP contribution is 2.16. The van der Waals surface area contributed by atoms with Crippen molar-refractivity contribution in [3.8, 4) is 5.69 Å².